The predicted octanol–water partition coefficient (Wildman–Crippen LogP) is 2.99. The third-order valence-electron chi connectivity index (χ3n) is 1.25. The minimum Gasteiger partial charge on any atom is -0.251 e. The van der Waals surface area contributed by atoms with Gasteiger partial charge in [0.15, 0.2) is 0 Å². The molecule has 61 valence electrons. The maximum absolute atomic E-state index is 12.3. The first-order valence-corrected chi connectivity index (χ1v) is 3.35. The number of rotatable bonds is 5. The largest absolute Gasteiger partial charge is 0.251 e. The van der Waals surface area contributed by atoms with Crippen molar-refractivity contribution in [2.45, 2.75) is 31.6 Å². The molecule has 0 unspecified atom stereocenters. The zero-order valence-corrected chi connectivity index (χ0v) is 5.88. The lowest BCUT2D eigenvalue weighted by Gasteiger charge is -2.12. The second kappa shape index (κ2) is 4.58. The van der Waals surface area contributed by atoms with E-state index < -0.39 is 19.0 Å². The van der Waals surface area contributed by atoms with Crippen LogP contribution in [0.5, 0.6) is 0 Å². The van der Waals surface area contributed by atoms with Gasteiger partial charge in [0.1, 0.15) is 0 Å². The first kappa shape index (κ1) is 9.79. The quantitative estimate of drug-likeness (QED) is 0.569. The molecule has 0 nitrogen and oxygen atoms in total. The van der Waals surface area contributed by atoms with Gasteiger partial charge in [-0.1, -0.05) is 13.3 Å². The molecule has 10 heavy (non-hydrogen) atoms. The Morgan fingerprint density at radius 3 is 2.20 bits per heavy atom. The monoisotopic (exact) mass is 153 g/mol. The van der Waals surface area contributed by atoms with Gasteiger partial charge in [0, 0.05) is 12.8 Å². The highest BCUT2D eigenvalue weighted by Crippen LogP contribution is 2.24. The molecule has 0 saturated heterocycles. The van der Waals surface area contributed by atoms with Crippen LogP contribution in [0.1, 0.15) is 25.7 Å². The summed E-state index contributed by atoms with van der Waals surface area (Å²) in [7, 11) is 0. The summed E-state index contributed by atoms with van der Waals surface area (Å²) in [6.07, 6.45) is -0.0255. The van der Waals surface area contributed by atoms with Crippen LogP contribution in [-0.4, -0.2) is 12.6 Å². The number of alkyl halides is 3. The molecule has 0 atom stereocenters. The molecule has 0 aromatic heterocycles. The normalized spacial score (nSPS) is 12.0. The van der Waals surface area contributed by atoms with E-state index in [-0.39, 0.29) is 6.42 Å². The van der Waals surface area contributed by atoms with E-state index in [1.54, 1.807) is 0 Å². The third-order valence-corrected chi connectivity index (χ3v) is 1.25. The number of hydrogen-bond donors (Lipinski definition) is 0. The smallest absolute Gasteiger partial charge is 0.250 e. The van der Waals surface area contributed by atoms with Gasteiger partial charge in [-0.25, -0.2) is 8.78 Å². The first-order chi connectivity index (χ1) is 4.62. The Bertz CT molecular complexity index is 80.9. The van der Waals surface area contributed by atoms with Crippen LogP contribution in [0.4, 0.5) is 13.2 Å². The summed E-state index contributed by atoms with van der Waals surface area (Å²) in [5.41, 5.74) is 0. The van der Waals surface area contributed by atoms with E-state index in [1.807, 2.05) is 0 Å². The molecule has 0 saturated carbocycles. The van der Waals surface area contributed by atoms with Crippen LogP contribution < -0.4 is 0 Å². The van der Waals surface area contributed by atoms with Crippen molar-refractivity contribution in [2.75, 3.05) is 6.67 Å². The molecule has 0 aliphatic carbocycles. The molecule has 0 aliphatic rings. The average molecular weight is 153 g/mol. The average Bonchev–Trinajstić information content (AvgIpc) is 1.84. The SMILES string of the molecule is [CH2]CCCC(F)(F)CCF. The molecule has 0 aromatic carbocycles. The third kappa shape index (κ3) is 4.65. The van der Waals surface area contributed by atoms with Gasteiger partial charge in [-0.05, 0) is 6.42 Å². The summed E-state index contributed by atoms with van der Waals surface area (Å²) >= 11 is 0. The molecule has 0 spiro atoms. The molecule has 1 radical (unpaired) electrons. The fourth-order valence-electron chi connectivity index (χ4n) is 0.647. The van der Waals surface area contributed by atoms with Crippen molar-refractivity contribution in [1.82, 2.24) is 0 Å². The molecule has 0 fully saturated rings. The van der Waals surface area contributed by atoms with Gasteiger partial charge in [0.25, 0.3) is 5.92 Å². The van der Waals surface area contributed by atoms with Gasteiger partial charge in [-0.15, -0.1) is 0 Å². The molecule has 0 aromatic rings. The predicted molar refractivity (Wildman–Crippen MR) is 34.7 cm³/mol. The van der Waals surface area contributed by atoms with Crippen LogP contribution >= 0.6 is 0 Å². The second-order valence-electron chi connectivity index (χ2n) is 2.25. The molecular formula is C7H12F3. The summed E-state index contributed by atoms with van der Waals surface area (Å²) in [6.45, 7) is 2.48. The maximum atomic E-state index is 12.3. The molecule has 0 rings (SSSR count). The highest BCUT2D eigenvalue weighted by atomic mass is 19.3. The van der Waals surface area contributed by atoms with Crippen molar-refractivity contribution in [1.29, 1.82) is 0 Å². The standard InChI is InChI=1S/C7H12F3/c1-2-3-4-7(9,10)5-6-8/h1-6H2. The Labute approximate surface area is 59.4 Å². The van der Waals surface area contributed by atoms with Crippen LogP contribution in [0, 0.1) is 6.92 Å². The Morgan fingerprint density at radius 1 is 1.20 bits per heavy atom. The zero-order chi connectivity index (χ0) is 8.04. The molecule has 0 bridgehead atoms. The number of unbranched alkanes of at least 4 members (excludes halogenated alkanes) is 1. The van der Waals surface area contributed by atoms with Crippen molar-refractivity contribution in [3.8, 4) is 0 Å². The van der Waals surface area contributed by atoms with E-state index in [9.17, 15) is 13.2 Å². The van der Waals surface area contributed by atoms with Crippen LogP contribution in [0.2, 0.25) is 0 Å². The van der Waals surface area contributed by atoms with Gasteiger partial charge in [-0.2, -0.15) is 0 Å². The minimum atomic E-state index is -2.81. The fraction of sp³-hybridized carbons (Fsp3) is 0.857. The number of hydrogen-bond acceptors (Lipinski definition) is 0. The molecular weight excluding hydrogens is 141 g/mol. The lowest BCUT2D eigenvalue weighted by molar-refractivity contribution is -0.0226. The maximum Gasteiger partial charge on any atom is 0.250 e. The van der Waals surface area contributed by atoms with Gasteiger partial charge in [-0.3, -0.25) is 4.39 Å². The number of halogens is 3. The van der Waals surface area contributed by atoms with E-state index >= 15 is 0 Å². The topological polar surface area (TPSA) is 0 Å². The lowest BCUT2D eigenvalue weighted by atomic mass is 10.1. The Kier molecular flexibility index (Phi) is 4.49. The van der Waals surface area contributed by atoms with Crippen LogP contribution in [0.3, 0.4) is 0 Å². The van der Waals surface area contributed by atoms with Crippen molar-refractivity contribution >= 4 is 0 Å². The highest BCUT2D eigenvalue weighted by Gasteiger charge is 2.26. The highest BCUT2D eigenvalue weighted by molar-refractivity contribution is 4.65. The van der Waals surface area contributed by atoms with Gasteiger partial charge in [0.05, 0.1) is 6.67 Å². The molecule has 0 amide bonds. The lowest BCUT2D eigenvalue weighted by Crippen LogP contribution is -2.16. The van der Waals surface area contributed by atoms with Crippen molar-refractivity contribution < 1.29 is 13.2 Å². The molecule has 0 aliphatic heterocycles. The van der Waals surface area contributed by atoms with E-state index in [4.69, 9.17) is 0 Å². The van der Waals surface area contributed by atoms with Gasteiger partial charge >= 0.3 is 0 Å². The van der Waals surface area contributed by atoms with E-state index in [0.717, 1.165) is 0 Å². The van der Waals surface area contributed by atoms with Gasteiger partial charge < -0.3 is 0 Å². The van der Waals surface area contributed by atoms with Crippen molar-refractivity contribution in [3.63, 3.8) is 0 Å². The Morgan fingerprint density at radius 2 is 1.80 bits per heavy atom. The van der Waals surface area contributed by atoms with Crippen LogP contribution in [0.25, 0.3) is 0 Å². The summed E-state index contributed by atoms with van der Waals surface area (Å²) in [6, 6.07) is 0. The fourth-order valence-corrected chi connectivity index (χ4v) is 0.647. The van der Waals surface area contributed by atoms with E-state index in [1.165, 1.54) is 0 Å². The molecule has 0 heterocycles. The van der Waals surface area contributed by atoms with E-state index in [0.29, 0.717) is 12.8 Å². The summed E-state index contributed by atoms with van der Waals surface area (Å²) in [4.78, 5) is 0. The van der Waals surface area contributed by atoms with Crippen LogP contribution in [-0.2, 0) is 0 Å². The van der Waals surface area contributed by atoms with Crippen LogP contribution in [0.15, 0.2) is 0 Å². The van der Waals surface area contributed by atoms with Crippen molar-refractivity contribution in [3.05, 3.63) is 6.92 Å². The first-order valence-electron chi connectivity index (χ1n) is 3.35. The summed E-state index contributed by atoms with van der Waals surface area (Å²) in [5, 5.41) is 0. The van der Waals surface area contributed by atoms with Crippen molar-refractivity contribution in [2.24, 2.45) is 0 Å². The molecule has 3 heteroatoms. The Balaban J connectivity index is 3.42. The minimum absolute atomic E-state index is 0.236. The molecule has 0 N–H and O–H groups in total. The van der Waals surface area contributed by atoms with E-state index in [2.05, 4.69) is 6.92 Å². The zero-order valence-electron chi connectivity index (χ0n) is 5.88. The second-order valence-corrected chi connectivity index (χ2v) is 2.25. The van der Waals surface area contributed by atoms with Gasteiger partial charge in [0.2, 0.25) is 0 Å². The Hall–Kier alpha value is -0.210. The summed E-state index contributed by atoms with van der Waals surface area (Å²) < 4.78 is 36.1. The summed E-state index contributed by atoms with van der Waals surface area (Å²) in [5.74, 6) is -2.81.